The average molecular weight is 272 g/mol. The first-order valence-electron chi connectivity index (χ1n) is 6.64. The Balaban J connectivity index is 2.17. The van der Waals surface area contributed by atoms with Gasteiger partial charge in [0.2, 0.25) is 5.91 Å². The van der Waals surface area contributed by atoms with Gasteiger partial charge < -0.3 is 15.8 Å². The van der Waals surface area contributed by atoms with E-state index < -0.39 is 5.41 Å². The van der Waals surface area contributed by atoms with Gasteiger partial charge in [0.1, 0.15) is 0 Å². The third-order valence-corrected chi connectivity index (χ3v) is 3.99. The van der Waals surface area contributed by atoms with Crippen LogP contribution in [0.5, 0.6) is 0 Å². The Kier molecular flexibility index (Phi) is 6.02. The molecule has 1 fully saturated rings. The lowest BCUT2D eigenvalue weighted by Crippen LogP contribution is -2.45. The van der Waals surface area contributed by atoms with Gasteiger partial charge in [-0.2, -0.15) is 0 Å². The standard InChI is InChI=1S/C13H24N2O2S/c1-13(2,11(14)18)12(16)15-8-9-17-10-6-4-3-5-7-10/h10H,3-9H2,1-2H3,(H2,14,18)(H,15,16). The maximum absolute atomic E-state index is 11.8. The largest absolute Gasteiger partial charge is 0.392 e. The molecule has 0 unspecified atom stereocenters. The molecule has 0 aliphatic heterocycles. The molecule has 5 heteroatoms. The van der Waals surface area contributed by atoms with Crippen molar-refractivity contribution in [3.05, 3.63) is 0 Å². The highest BCUT2D eigenvalue weighted by Crippen LogP contribution is 2.20. The summed E-state index contributed by atoms with van der Waals surface area (Å²) in [7, 11) is 0. The number of nitrogens with one attached hydrogen (secondary N) is 1. The van der Waals surface area contributed by atoms with Crippen molar-refractivity contribution in [3.63, 3.8) is 0 Å². The van der Waals surface area contributed by atoms with Crippen molar-refractivity contribution < 1.29 is 9.53 Å². The Morgan fingerprint density at radius 1 is 1.39 bits per heavy atom. The van der Waals surface area contributed by atoms with Gasteiger partial charge in [0.15, 0.2) is 0 Å². The van der Waals surface area contributed by atoms with Crippen LogP contribution in [0.15, 0.2) is 0 Å². The molecule has 1 saturated carbocycles. The molecule has 0 heterocycles. The number of rotatable bonds is 6. The Hall–Kier alpha value is -0.680. The summed E-state index contributed by atoms with van der Waals surface area (Å²) in [5, 5.41) is 2.81. The summed E-state index contributed by atoms with van der Waals surface area (Å²) in [6.45, 7) is 4.53. The molecule has 1 rings (SSSR count). The molecule has 4 nitrogen and oxygen atoms in total. The number of carbonyl (C=O) groups excluding carboxylic acids is 1. The summed E-state index contributed by atoms with van der Waals surface area (Å²) in [4.78, 5) is 12.0. The number of amides is 1. The zero-order chi connectivity index (χ0) is 13.6. The summed E-state index contributed by atoms with van der Waals surface area (Å²) in [6, 6.07) is 0. The zero-order valence-corrected chi connectivity index (χ0v) is 12.1. The first-order valence-corrected chi connectivity index (χ1v) is 7.05. The molecule has 0 saturated heterocycles. The Bertz CT molecular complexity index is 299. The van der Waals surface area contributed by atoms with Crippen molar-refractivity contribution in [2.45, 2.75) is 52.1 Å². The number of carbonyl (C=O) groups is 1. The fourth-order valence-corrected chi connectivity index (χ4v) is 2.05. The second-order valence-corrected chi connectivity index (χ2v) is 5.82. The predicted octanol–water partition coefficient (Wildman–Crippen LogP) is 1.76. The van der Waals surface area contributed by atoms with Crippen molar-refractivity contribution in [1.29, 1.82) is 0 Å². The van der Waals surface area contributed by atoms with Crippen molar-refractivity contribution in [2.75, 3.05) is 13.2 Å². The molecule has 3 N–H and O–H groups in total. The summed E-state index contributed by atoms with van der Waals surface area (Å²) in [5.41, 5.74) is 4.74. The number of ether oxygens (including phenoxy) is 1. The molecule has 1 aliphatic carbocycles. The third kappa shape index (κ3) is 4.53. The molecular weight excluding hydrogens is 248 g/mol. The van der Waals surface area contributed by atoms with Crippen LogP contribution in [0, 0.1) is 5.41 Å². The molecule has 104 valence electrons. The van der Waals surface area contributed by atoms with E-state index in [-0.39, 0.29) is 10.9 Å². The van der Waals surface area contributed by atoms with Gasteiger partial charge in [-0.15, -0.1) is 0 Å². The highest BCUT2D eigenvalue weighted by molar-refractivity contribution is 7.80. The van der Waals surface area contributed by atoms with Crippen molar-refractivity contribution in [1.82, 2.24) is 5.32 Å². The second-order valence-electron chi connectivity index (χ2n) is 5.38. The van der Waals surface area contributed by atoms with Crippen LogP contribution in [0.4, 0.5) is 0 Å². The van der Waals surface area contributed by atoms with Crippen LogP contribution in [-0.4, -0.2) is 30.2 Å². The molecule has 0 aromatic rings. The van der Waals surface area contributed by atoms with Gasteiger partial charge in [0.25, 0.3) is 0 Å². The van der Waals surface area contributed by atoms with E-state index in [4.69, 9.17) is 22.7 Å². The monoisotopic (exact) mass is 272 g/mol. The Morgan fingerprint density at radius 2 is 2.00 bits per heavy atom. The van der Waals surface area contributed by atoms with Gasteiger partial charge in [-0.1, -0.05) is 31.5 Å². The van der Waals surface area contributed by atoms with E-state index in [0.717, 1.165) is 12.8 Å². The molecule has 1 aliphatic rings. The summed E-state index contributed by atoms with van der Waals surface area (Å²) in [6.07, 6.45) is 6.49. The number of nitrogens with two attached hydrogens (primary N) is 1. The first-order chi connectivity index (χ1) is 8.44. The van der Waals surface area contributed by atoms with E-state index in [1.807, 2.05) is 0 Å². The number of thiocarbonyl (C=S) groups is 1. The molecule has 0 aromatic heterocycles. The van der Waals surface area contributed by atoms with Crippen LogP contribution in [0.3, 0.4) is 0 Å². The van der Waals surface area contributed by atoms with E-state index in [1.54, 1.807) is 13.8 Å². The fraction of sp³-hybridized carbons (Fsp3) is 0.846. The lowest BCUT2D eigenvalue weighted by molar-refractivity contribution is -0.126. The molecule has 0 spiro atoms. The third-order valence-electron chi connectivity index (χ3n) is 3.48. The summed E-state index contributed by atoms with van der Waals surface area (Å²) >= 11 is 4.87. The van der Waals surface area contributed by atoms with E-state index in [0.29, 0.717) is 19.3 Å². The van der Waals surface area contributed by atoms with Crippen LogP contribution >= 0.6 is 12.2 Å². The normalized spacial score (nSPS) is 17.4. The maximum Gasteiger partial charge on any atom is 0.232 e. The minimum atomic E-state index is -0.791. The van der Waals surface area contributed by atoms with Gasteiger partial charge in [0, 0.05) is 6.54 Å². The number of hydrogen-bond acceptors (Lipinski definition) is 3. The first kappa shape index (κ1) is 15.4. The van der Waals surface area contributed by atoms with Crippen LogP contribution in [0.25, 0.3) is 0 Å². The molecule has 1 amide bonds. The smallest absolute Gasteiger partial charge is 0.232 e. The molecule has 0 atom stereocenters. The highest BCUT2D eigenvalue weighted by Gasteiger charge is 2.30. The van der Waals surface area contributed by atoms with Gasteiger partial charge in [-0.3, -0.25) is 4.79 Å². The number of hydrogen-bond donors (Lipinski definition) is 2. The Morgan fingerprint density at radius 3 is 2.56 bits per heavy atom. The van der Waals surface area contributed by atoms with Gasteiger partial charge in [0.05, 0.1) is 23.1 Å². The topological polar surface area (TPSA) is 64.3 Å². The van der Waals surface area contributed by atoms with Crippen molar-refractivity contribution in [3.8, 4) is 0 Å². The van der Waals surface area contributed by atoms with Crippen LogP contribution < -0.4 is 11.1 Å². The maximum atomic E-state index is 11.8. The van der Waals surface area contributed by atoms with E-state index in [9.17, 15) is 4.79 Å². The molecule has 18 heavy (non-hydrogen) atoms. The van der Waals surface area contributed by atoms with E-state index in [2.05, 4.69) is 5.32 Å². The predicted molar refractivity (Wildman–Crippen MR) is 76.4 cm³/mol. The van der Waals surface area contributed by atoms with E-state index in [1.165, 1.54) is 19.3 Å². The fourth-order valence-electron chi connectivity index (χ4n) is 1.95. The van der Waals surface area contributed by atoms with Gasteiger partial charge >= 0.3 is 0 Å². The SMILES string of the molecule is CC(C)(C(=O)NCCOC1CCCCC1)C(N)=S. The van der Waals surface area contributed by atoms with E-state index >= 15 is 0 Å². The minimum Gasteiger partial charge on any atom is -0.392 e. The zero-order valence-electron chi connectivity index (χ0n) is 11.3. The van der Waals surface area contributed by atoms with Crippen LogP contribution in [0.1, 0.15) is 46.0 Å². The molecular formula is C13H24N2O2S. The van der Waals surface area contributed by atoms with Crippen LogP contribution in [0.2, 0.25) is 0 Å². The Labute approximate surface area is 115 Å². The quantitative estimate of drug-likeness (QED) is 0.571. The lowest BCUT2D eigenvalue weighted by atomic mass is 9.92. The summed E-state index contributed by atoms with van der Waals surface area (Å²) in [5.74, 6) is -0.137. The summed E-state index contributed by atoms with van der Waals surface area (Å²) < 4.78 is 5.73. The van der Waals surface area contributed by atoms with Gasteiger partial charge in [-0.05, 0) is 26.7 Å². The average Bonchev–Trinajstić information content (AvgIpc) is 2.35. The molecule has 0 bridgehead atoms. The minimum absolute atomic E-state index is 0.137. The lowest BCUT2D eigenvalue weighted by Gasteiger charge is -2.24. The van der Waals surface area contributed by atoms with Crippen LogP contribution in [-0.2, 0) is 9.53 Å². The van der Waals surface area contributed by atoms with Crippen molar-refractivity contribution in [2.24, 2.45) is 11.1 Å². The van der Waals surface area contributed by atoms with Crippen molar-refractivity contribution >= 4 is 23.1 Å². The highest BCUT2D eigenvalue weighted by atomic mass is 32.1. The second kappa shape index (κ2) is 7.04. The molecule has 0 radical (unpaired) electrons. The van der Waals surface area contributed by atoms with Gasteiger partial charge in [-0.25, -0.2) is 0 Å². The molecule has 0 aromatic carbocycles.